The van der Waals surface area contributed by atoms with Gasteiger partial charge in [0.2, 0.25) is 5.91 Å². The first kappa shape index (κ1) is 15.9. The molecular weight excluding hydrogens is 271 g/mol. The van der Waals surface area contributed by atoms with E-state index in [-0.39, 0.29) is 18.3 Å². The van der Waals surface area contributed by atoms with Crippen molar-refractivity contribution in [2.24, 2.45) is 0 Å². The van der Waals surface area contributed by atoms with Gasteiger partial charge in [0.15, 0.2) is 0 Å². The van der Waals surface area contributed by atoms with E-state index in [9.17, 15) is 14.3 Å². The van der Waals surface area contributed by atoms with Crippen molar-refractivity contribution in [3.8, 4) is 0 Å². The summed E-state index contributed by atoms with van der Waals surface area (Å²) in [5.74, 6) is -0.424. The van der Waals surface area contributed by atoms with E-state index in [1.54, 1.807) is 12.1 Å². The summed E-state index contributed by atoms with van der Waals surface area (Å²) in [5.41, 5.74) is 0.711. The number of amides is 1. The minimum absolute atomic E-state index is 0.0970. The van der Waals surface area contributed by atoms with E-state index in [4.69, 9.17) is 0 Å². The second-order valence-electron chi connectivity index (χ2n) is 5.54. The summed E-state index contributed by atoms with van der Waals surface area (Å²) in [6.07, 6.45) is 4.73. The Morgan fingerprint density at radius 2 is 1.81 bits per heavy atom. The van der Waals surface area contributed by atoms with Crippen LogP contribution >= 0.6 is 0 Å². The quantitative estimate of drug-likeness (QED) is 0.871. The first-order valence-electron chi connectivity index (χ1n) is 7.57. The van der Waals surface area contributed by atoms with Gasteiger partial charge in [-0.3, -0.25) is 9.69 Å². The van der Waals surface area contributed by atoms with Gasteiger partial charge in [0, 0.05) is 0 Å². The summed E-state index contributed by atoms with van der Waals surface area (Å²) < 4.78 is 12.9. The lowest BCUT2D eigenvalue weighted by Crippen LogP contribution is -2.40. The van der Waals surface area contributed by atoms with E-state index >= 15 is 0 Å². The summed E-state index contributed by atoms with van der Waals surface area (Å²) in [6.45, 7) is 2.07. The van der Waals surface area contributed by atoms with Crippen LogP contribution in [0.5, 0.6) is 0 Å². The van der Waals surface area contributed by atoms with E-state index < -0.39 is 6.04 Å². The molecule has 1 aromatic carbocycles. The predicted molar refractivity (Wildman–Crippen MR) is 79.3 cm³/mol. The molecule has 0 aromatic heterocycles. The summed E-state index contributed by atoms with van der Waals surface area (Å²) >= 11 is 0. The number of nitrogens with one attached hydrogen (secondary N) is 1. The number of aliphatic hydroxyl groups excluding tert-OH is 1. The lowest BCUT2D eigenvalue weighted by molar-refractivity contribution is -0.123. The minimum atomic E-state index is -0.481. The molecule has 116 valence electrons. The summed E-state index contributed by atoms with van der Waals surface area (Å²) in [4.78, 5) is 14.2. The molecule has 21 heavy (non-hydrogen) atoms. The molecule has 4 nitrogen and oxygen atoms in total. The molecule has 1 atom stereocenters. The maximum atomic E-state index is 12.9. The molecule has 1 aromatic rings. The van der Waals surface area contributed by atoms with Gasteiger partial charge in [-0.05, 0) is 43.6 Å². The number of benzene rings is 1. The average molecular weight is 294 g/mol. The highest BCUT2D eigenvalue weighted by Crippen LogP contribution is 2.14. The van der Waals surface area contributed by atoms with Gasteiger partial charge in [-0.15, -0.1) is 0 Å². The molecule has 0 spiro atoms. The van der Waals surface area contributed by atoms with Crippen LogP contribution in [0.15, 0.2) is 24.3 Å². The molecule has 1 fully saturated rings. The third-order valence-corrected chi connectivity index (χ3v) is 3.86. The number of hydrogen-bond donors (Lipinski definition) is 2. The highest BCUT2D eigenvalue weighted by Gasteiger charge is 2.17. The molecule has 1 aliphatic heterocycles. The molecule has 1 saturated heterocycles. The maximum absolute atomic E-state index is 12.9. The fraction of sp³-hybridized carbons (Fsp3) is 0.562. The smallest absolute Gasteiger partial charge is 0.234 e. The van der Waals surface area contributed by atoms with Crippen LogP contribution in [0, 0.1) is 5.82 Å². The van der Waals surface area contributed by atoms with Crippen molar-refractivity contribution < 1.29 is 14.3 Å². The summed E-state index contributed by atoms with van der Waals surface area (Å²) in [5, 5.41) is 12.2. The van der Waals surface area contributed by atoms with E-state index in [0.717, 1.165) is 25.9 Å². The first-order valence-corrected chi connectivity index (χ1v) is 7.57. The summed E-state index contributed by atoms with van der Waals surface area (Å²) in [7, 11) is 0. The Morgan fingerprint density at radius 3 is 2.38 bits per heavy atom. The van der Waals surface area contributed by atoms with Crippen LogP contribution in [0.2, 0.25) is 0 Å². The van der Waals surface area contributed by atoms with Crippen LogP contribution < -0.4 is 5.32 Å². The molecule has 1 aliphatic rings. The van der Waals surface area contributed by atoms with E-state index in [1.807, 2.05) is 0 Å². The number of hydrogen-bond acceptors (Lipinski definition) is 3. The van der Waals surface area contributed by atoms with Gasteiger partial charge in [-0.25, -0.2) is 4.39 Å². The van der Waals surface area contributed by atoms with Gasteiger partial charge in [0.05, 0.1) is 19.2 Å². The van der Waals surface area contributed by atoms with Crippen molar-refractivity contribution >= 4 is 5.91 Å². The SMILES string of the molecule is O=C(CN1CCCCCC1)NC(CO)c1ccc(F)cc1. The van der Waals surface area contributed by atoms with Gasteiger partial charge >= 0.3 is 0 Å². The van der Waals surface area contributed by atoms with E-state index in [2.05, 4.69) is 10.2 Å². The molecule has 2 N–H and O–H groups in total. The maximum Gasteiger partial charge on any atom is 0.234 e. The molecule has 0 radical (unpaired) electrons. The zero-order valence-corrected chi connectivity index (χ0v) is 12.2. The second-order valence-corrected chi connectivity index (χ2v) is 5.54. The van der Waals surface area contributed by atoms with Crippen molar-refractivity contribution in [1.82, 2.24) is 10.2 Å². The molecule has 1 unspecified atom stereocenters. The Bertz CT molecular complexity index is 442. The van der Waals surface area contributed by atoms with Crippen LogP contribution in [0.3, 0.4) is 0 Å². The average Bonchev–Trinajstić information content (AvgIpc) is 2.74. The van der Waals surface area contributed by atoms with Crippen molar-refractivity contribution in [1.29, 1.82) is 0 Å². The highest BCUT2D eigenvalue weighted by molar-refractivity contribution is 5.78. The largest absolute Gasteiger partial charge is 0.394 e. The lowest BCUT2D eigenvalue weighted by Gasteiger charge is -2.22. The highest BCUT2D eigenvalue weighted by atomic mass is 19.1. The van der Waals surface area contributed by atoms with Crippen LogP contribution in [0.1, 0.15) is 37.3 Å². The normalized spacial score (nSPS) is 18.0. The molecule has 0 aliphatic carbocycles. The Morgan fingerprint density at radius 1 is 1.19 bits per heavy atom. The van der Waals surface area contributed by atoms with Gasteiger partial charge in [-0.2, -0.15) is 0 Å². The number of rotatable bonds is 5. The Balaban J connectivity index is 1.88. The van der Waals surface area contributed by atoms with Gasteiger partial charge in [-0.1, -0.05) is 25.0 Å². The summed E-state index contributed by atoms with van der Waals surface area (Å²) in [6, 6.07) is 5.35. The van der Waals surface area contributed by atoms with E-state index in [1.165, 1.54) is 25.0 Å². The van der Waals surface area contributed by atoms with Crippen molar-refractivity contribution in [3.63, 3.8) is 0 Å². The van der Waals surface area contributed by atoms with Crippen LogP contribution in [-0.4, -0.2) is 42.2 Å². The molecule has 1 heterocycles. The molecular formula is C16H23FN2O2. The van der Waals surface area contributed by atoms with Gasteiger partial charge in [0.1, 0.15) is 5.82 Å². The van der Waals surface area contributed by atoms with Crippen LogP contribution in [0.4, 0.5) is 4.39 Å². The molecule has 5 heteroatoms. The van der Waals surface area contributed by atoms with Crippen molar-refractivity contribution in [3.05, 3.63) is 35.6 Å². The number of aliphatic hydroxyl groups is 1. The number of likely N-dealkylation sites (tertiary alicyclic amines) is 1. The monoisotopic (exact) mass is 294 g/mol. The third kappa shape index (κ3) is 5.10. The third-order valence-electron chi connectivity index (χ3n) is 3.86. The van der Waals surface area contributed by atoms with Crippen LogP contribution in [-0.2, 0) is 4.79 Å². The number of carbonyl (C=O) groups is 1. The Labute approximate surface area is 125 Å². The zero-order valence-electron chi connectivity index (χ0n) is 12.2. The Hall–Kier alpha value is -1.46. The molecule has 1 amide bonds. The van der Waals surface area contributed by atoms with Crippen LogP contribution in [0.25, 0.3) is 0 Å². The van der Waals surface area contributed by atoms with Gasteiger partial charge in [0.25, 0.3) is 0 Å². The second kappa shape index (κ2) is 8.10. The predicted octanol–water partition coefficient (Wildman–Crippen LogP) is 1.85. The Kier molecular flexibility index (Phi) is 6.14. The fourth-order valence-corrected chi connectivity index (χ4v) is 2.67. The minimum Gasteiger partial charge on any atom is -0.394 e. The number of carbonyl (C=O) groups excluding carboxylic acids is 1. The van der Waals surface area contributed by atoms with E-state index in [0.29, 0.717) is 12.1 Å². The molecule has 0 saturated carbocycles. The molecule has 2 rings (SSSR count). The molecule has 0 bridgehead atoms. The number of nitrogens with zero attached hydrogens (tertiary/aromatic N) is 1. The lowest BCUT2D eigenvalue weighted by atomic mass is 10.1. The fourth-order valence-electron chi connectivity index (χ4n) is 2.67. The zero-order chi connectivity index (χ0) is 15.1. The van der Waals surface area contributed by atoms with Crippen molar-refractivity contribution in [2.45, 2.75) is 31.7 Å². The topological polar surface area (TPSA) is 52.6 Å². The van der Waals surface area contributed by atoms with Crippen molar-refractivity contribution in [2.75, 3.05) is 26.2 Å². The first-order chi connectivity index (χ1) is 10.2. The standard InChI is InChI=1S/C16H23FN2O2/c17-14-7-5-13(6-8-14)15(12-20)18-16(21)11-19-9-3-1-2-4-10-19/h5-8,15,20H,1-4,9-12H2,(H,18,21). The number of halogens is 1. The van der Waals surface area contributed by atoms with Gasteiger partial charge < -0.3 is 10.4 Å².